The highest BCUT2D eigenvalue weighted by Gasteiger charge is 2.58. The maximum atomic E-state index is 13.5. The molecule has 14 heteroatoms. The number of methoxy groups -OCH3 is 1. The van der Waals surface area contributed by atoms with Crippen molar-refractivity contribution in [3.05, 3.63) is 70.8 Å². The summed E-state index contributed by atoms with van der Waals surface area (Å²) in [5.41, 5.74) is 2.72. The summed E-state index contributed by atoms with van der Waals surface area (Å²) in [5, 5.41) is 10.3. The Bertz CT molecular complexity index is 1910. The first-order valence-corrected chi connectivity index (χ1v) is 16.4. The van der Waals surface area contributed by atoms with Crippen LogP contribution in [0.2, 0.25) is 5.02 Å². The largest absolute Gasteiger partial charge is 0.494 e. The van der Waals surface area contributed by atoms with Crippen LogP contribution in [0.4, 0.5) is 14.5 Å². The fourth-order valence-electron chi connectivity index (χ4n) is 7.13. The van der Waals surface area contributed by atoms with Crippen LogP contribution in [0.15, 0.2) is 48.7 Å². The van der Waals surface area contributed by atoms with Crippen LogP contribution in [0.25, 0.3) is 11.0 Å². The van der Waals surface area contributed by atoms with Crippen LogP contribution in [0.5, 0.6) is 17.2 Å². The van der Waals surface area contributed by atoms with Crippen LogP contribution < -0.4 is 19.1 Å². The van der Waals surface area contributed by atoms with E-state index in [1.807, 2.05) is 23.6 Å². The zero-order valence-electron chi connectivity index (χ0n) is 26.4. The highest BCUT2D eigenvalue weighted by Crippen LogP contribution is 2.51. The van der Waals surface area contributed by atoms with E-state index in [0.29, 0.717) is 51.4 Å². The van der Waals surface area contributed by atoms with Gasteiger partial charge in [0, 0.05) is 51.3 Å². The Morgan fingerprint density at radius 3 is 2.65 bits per heavy atom. The van der Waals surface area contributed by atoms with E-state index in [9.17, 15) is 18.7 Å². The predicted molar refractivity (Wildman–Crippen MR) is 171 cm³/mol. The van der Waals surface area contributed by atoms with E-state index in [1.54, 1.807) is 24.4 Å². The van der Waals surface area contributed by atoms with Crippen LogP contribution in [-0.4, -0.2) is 81.4 Å². The molecule has 48 heavy (non-hydrogen) atoms. The minimum atomic E-state index is -2.79. The molecule has 252 valence electrons. The Balaban J connectivity index is 1.05. The number of halogens is 3. The SMILES string of the molecule is COc1cc(C(=O)O)cc2c1nc(CN1CCN(c3cccc4c3OC(C)(c3ccc(Cl)cn3)O4)[C@H]3CC[C@@H]31)n2CCOC1CC1(F)F. The molecule has 0 spiro atoms. The molecule has 11 nitrogen and oxygen atoms in total. The molecule has 1 saturated heterocycles. The summed E-state index contributed by atoms with van der Waals surface area (Å²) in [5.74, 6) is -2.62. The number of benzene rings is 2. The standard InChI is InChI=1S/C34H34ClF2N5O6/c1-33(27-9-6-20(35)17-38-27)47-25-5-3-4-23(31(25)48-33)41-11-10-40(21-7-8-22(21)41)18-29-39-30-24(14-19(32(43)44)15-26(30)45-2)42(29)12-13-46-28-16-34(28,36)37/h3-6,9,14-15,17,21-22,28H,7-8,10-13,16,18H2,1-2H3,(H,43,44)/t21-,22-,28?,33?/m0/s1. The Labute approximate surface area is 279 Å². The highest BCUT2D eigenvalue weighted by atomic mass is 35.5. The number of nitrogens with zero attached hydrogens (tertiary/aromatic N) is 5. The first-order valence-electron chi connectivity index (χ1n) is 16.0. The van der Waals surface area contributed by atoms with E-state index in [1.165, 1.54) is 13.2 Å². The molecule has 2 aromatic heterocycles. The predicted octanol–water partition coefficient (Wildman–Crippen LogP) is 5.71. The number of carboxylic acid groups (broad SMARTS) is 1. The molecular weight excluding hydrogens is 648 g/mol. The number of rotatable bonds is 10. The van der Waals surface area contributed by atoms with E-state index < -0.39 is 23.8 Å². The summed E-state index contributed by atoms with van der Waals surface area (Å²) in [6.45, 7) is 4.08. The van der Waals surface area contributed by atoms with Crippen molar-refractivity contribution in [2.45, 2.75) is 69.2 Å². The van der Waals surface area contributed by atoms with Gasteiger partial charge in [-0.15, -0.1) is 0 Å². The zero-order valence-corrected chi connectivity index (χ0v) is 27.1. The number of hydrogen-bond donors (Lipinski definition) is 1. The Hall–Kier alpha value is -4.20. The molecule has 4 aliphatic rings. The molecule has 4 atom stereocenters. The third kappa shape index (κ3) is 5.28. The minimum absolute atomic E-state index is 0.0454. The van der Waals surface area contributed by atoms with Crippen molar-refractivity contribution in [2.75, 3.05) is 31.7 Å². The fourth-order valence-corrected chi connectivity index (χ4v) is 7.24. The van der Waals surface area contributed by atoms with Gasteiger partial charge >= 0.3 is 5.97 Å². The topological polar surface area (TPSA) is 111 Å². The van der Waals surface area contributed by atoms with Gasteiger partial charge in [0.05, 0.1) is 42.1 Å². The third-order valence-electron chi connectivity index (χ3n) is 9.87. The van der Waals surface area contributed by atoms with Gasteiger partial charge in [-0.25, -0.2) is 18.6 Å². The number of alkyl halides is 2. The number of hydrogen-bond acceptors (Lipinski definition) is 9. The van der Waals surface area contributed by atoms with E-state index in [4.69, 9.17) is 35.5 Å². The number of carbonyl (C=O) groups is 1. The van der Waals surface area contributed by atoms with Gasteiger partial charge in [-0.05, 0) is 49.2 Å². The number of aromatic nitrogens is 3. The Morgan fingerprint density at radius 2 is 1.96 bits per heavy atom. The van der Waals surface area contributed by atoms with Gasteiger partial charge in [-0.3, -0.25) is 9.88 Å². The maximum absolute atomic E-state index is 13.5. The summed E-state index contributed by atoms with van der Waals surface area (Å²) in [7, 11) is 1.47. The molecule has 1 N–H and O–H groups in total. The number of anilines is 1. The second-order valence-electron chi connectivity index (χ2n) is 12.8. The lowest BCUT2D eigenvalue weighted by atomic mass is 9.81. The third-order valence-corrected chi connectivity index (χ3v) is 10.1. The maximum Gasteiger partial charge on any atom is 0.335 e. The summed E-state index contributed by atoms with van der Waals surface area (Å²) in [4.78, 5) is 26.1. The highest BCUT2D eigenvalue weighted by molar-refractivity contribution is 6.30. The van der Waals surface area contributed by atoms with Crippen molar-refractivity contribution in [3.63, 3.8) is 0 Å². The lowest BCUT2D eigenvalue weighted by Crippen LogP contribution is -2.64. The molecule has 8 rings (SSSR count). The number of aromatic carboxylic acids is 1. The van der Waals surface area contributed by atoms with Gasteiger partial charge in [-0.1, -0.05) is 17.7 Å². The zero-order chi connectivity index (χ0) is 33.4. The van der Waals surface area contributed by atoms with Crippen molar-refractivity contribution in [1.29, 1.82) is 0 Å². The number of piperazine rings is 1. The second kappa shape index (κ2) is 11.5. The fraction of sp³-hybridized carbons (Fsp3) is 0.441. The summed E-state index contributed by atoms with van der Waals surface area (Å²) in [6, 6.07) is 12.9. The summed E-state index contributed by atoms with van der Waals surface area (Å²) >= 11 is 6.07. The molecule has 3 fully saturated rings. The van der Waals surface area contributed by atoms with Crippen molar-refractivity contribution in [2.24, 2.45) is 0 Å². The van der Waals surface area contributed by atoms with E-state index >= 15 is 0 Å². The summed E-state index contributed by atoms with van der Waals surface area (Å²) in [6.07, 6.45) is 2.20. The average Bonchev–Trinajstić information content (AvgIpc) is 3.32. The lowest BCUT2D eigenvalue weighted by molar-refractivity contribution is -0.0717. The van der Waals surface area contributed by atoms with Crippen LogP contribution in [0, 0.1) is 0 Å². The van der Waals surface area contributed by atoms with Crippen molar-refractivity contribution in [3.8, 4) is 17.2 Å². The first kappa shape index (κ1) is 31.1. The van der Waals surface area contributed by atoms with Crippen LogP contribution in [0.1, 0.15) is 48.1 Å². The molecule has 0 bridgehead atoms. The normalized spacial score (nSPS) is 25.5. The van der Waals surface area contributed by atoms with Gasteiger partial charge in [0.2, 0.25) is 0 Å². The smallest absolute Gasteiger partial charge is 0.335 e. The van der Waals surface area contributed by atoms with E-state index in [0.717, 1.165) is 31.6 Å². The monoisotopic (exact) mass is 681 g/mol. The number of fused-ring (bicyclic) bond motifs is 3. The number of pyridine rings is 1. The van der Waals surface area contributed by atoms with Crippen LogP contribution >= 0.6 is 11.6 Å². The van der Waals surface area contributed by atoms with Gasteiger partial charge in [0.15, 0.2) is 11.5 Å². The molecule has 0 amide bonds. The lowest BCUT2D eigenvalue weighted by Gasteiger charge is -2.54. The molecule has 2 saturated carbocycles. The molecule has 2 aliphatic carbocycles. The van der Waals surface area contributed by atoms with Crippen molar-refractivity contribution >= 4 is 34.3 Å². The molecule has 2 aromatic carbocycles. The van der Waals surface area contributed by atoms with Crippen molar-refractivity contribution in [1.82, 2.24) is 19.4 Å². The summed E-state index contributed by atoms with van der Waals surface area (Å²) < 4.78 is 52.7. The molecule has 4 heterocycles. The van der Waals surface area contributed by atoms with E-state index in [2.05, 4.69) is 20.9 Å². The van der Waals surface area contributed by atoms with Gasteiger partial charge < -0.3 is 33.5 Å². The Kier molecular flexibility index (Phi) is 7.42. The van der Waals surface area contributed by atoms with Crippen molar-refractivity contribution < 1.29 is 37.6 Å². The number of ether oxygens (including phenoxy) is 4. The molecule has 2 unspecified atom stereocenters. The average molecular weight is 682 g/mol. The van der Waals surface area contributed by atoms with Crippen LogP contribution in [0.3, 0.4) is 0 Å². The van der Waals surface area contributed by atoms with Gasteiger partial charge in [0.25, 0.3) is 11.7 Å². The van der Waals surface area contributed by atoms with Crippen LogP contribution in [-0.2, 0) is 23.6 Å². The molecule has 0 radical (unpaired) electrons. The molecule has 4 aromatic rings. The Morgan fingerprint density at radius 1 is 1.15 bits per heavy atom. The van der Waals surface area contributed by atoms with Gasteiger partial charge in [0.1, 0.15) is 28.9 Å². The number of imidazole rings is 1. The quantitative estimate of drug-likeness (QED) is 0.223. The number of carboxylic acids is 1. The minimum Gasteiger partial charge on any atom is -0.494 e. The number of para-hydroxylation sites is 1. The molecular formula is C34H34ClF2N5O6. The molecule has 2 aliphatic heterocycles. The second-order valence-corrected chi connectivity index (χ2v) is 13.3. The van der Waals surface area contributed by atoms with E-state index in [-0.39, 0.29) is 37.2 Å². The first-order chi connectivity index (χ1) is 23.0. The van der Waals surface area contributed by atoms with Gasteiger partial charge in [-0.2, -0.15) is 0 Å².